The van der Waals surface area contributed by atoms with Gasteiger partial charge in [0.25, 0.3) is 0 Å². The first-order valence-corrected chi connectivity index (χ1v) is 2.89. The highest BCUT2D eigenvalue weighted by atomic mass is 31.0. The Kier molecular flexibility index (Phi) is 7.75. The van der Waals surface area contributed by atoms with Gasteiger partial charge in [-0.2, -0.15) is 0 Å². The highest BCUT2D eigenvalue weighted by Gasteiger charge is 1.92. The molecule has 0 aromatic rings. The van der Waals surface area contributed by atoms with Crippen LogP contribution in [0.3, 0.4) is 0 Å². The second-order valence-electron chi connectivity index (χ2n) is 2.48. The van der Waals surface area contributed by atoms with Crippen LogP contribution in [0.1, 0.15) is 27.7 Å². The van der Waals surface area contributed by atoms with Gasteiger partial charge in [0.2, 0.25) is 0 Å². The lowest BCUT2D eigenvalue weighted by Crippen LogP contribution is -2.29. The third kappa shape index (κ3) is 9.63. The molecule has 0 bridgehead atoms. The van der Waals surface area contributed by atoms with Crippen molar-refractivity contribution in [3.8, 4) is 0 Å². The van der Waals surface area contributed by atoms with Gasteiger partial charge < -0.3 is 5.32 Å². The van der Waals surface area contributed by atoms with Crippen LogP contribution < -0.4 is 5.32 Å². The molecule has 0 fully saturated rings. The summed E-state index contributed by atoms with van der Waals surface area (Å²) in [5.74, 6) is 0. The molecule has 0 unspecified atom stereocenters. The summed E-state index contributed by atoms with van der Waals surface area (Å²) in [6.07, 6.45) is 0. The van der Waals surface area contributed by atoms with Gasteiger partial charge >= 0.3 is 0 Å². The molecular formula is C6H15NP. The van der Waals surface area contributed by atoms with Gasteiger partial charge in [-0.25, -0.2) is 0 Å². The lowest BCUT2D eigenvalue weighted by atomic mass is 10.3. The molecule has 1 nitrogen and oxygen atoms in total. The van der Waals surface area contributed by atoms with E-state index in [-0.39, 0.29) is 9.90 Å². The van der Waals surface area contributed by atoms with Crippen molar-refractivity contribution in [2.24, 2.45) is 0 Å². The molecule has 8 heavy (non-hydrogen) atoms. The van der Waals surface area contributed by atoms with E-state index in [4.69, 9.17) is 0 Å². The Bertz CT molecular complexity index is 37.8. The van der Waals surface area contributed by atoms with Crippen LogP contribution in [0, 0.1) is 0 Å². The second-order valence-corrected chi connectivity index (χ2v) is 2.48. The van der Waals surface area contributed by atoms with Gasteiger partial charge in [0.1, 0.15) is 0 Å². The average Bonchev–Trinajstić information content (AvgIpc) is 1.27. The number of hydrogen-bond acceptors (Lipinski definition) is 1. The fourth-order valence-electron chi connectivity index (χ4n) is 0.667. The molecule has 0 atom stereocenters. The summed E-state index contributed by atoms with van der Waals surface area (Å²) in [4.78, 5) is 0. The molecular weight excluding hydrogens is 117 g/mol. The van der Waals surface area contributed by atoms with Gasteiger partial charge in [-0.1, -0.05) is 27.7 Å². The van der Waals surface area contributed by atoms with Gasteiger partial charge in [0, 0.05) is 22.0 Å². The maximum atomic E-state index is 3.31. The zero-order valence-corrected chi connectivity index (χ0v) is 7.00. The molecule has 3 radical (unpaired) electrons. The first kappa shape index (κ1) is 11.2. The largest absolute Gasteiger partial charge is 0.312 e. The van der Waals surface area contributed by atoms with E-state index in [1.54, 1.807) is 0 Å². The second kappa shape index (κ2) is 5.53. The molecule has 0 aromatic heterocycles. The molecule has 0 saturated heterocycles. The molecule has 1 N–H and O–H groups in total. The summed E-state index contributed by atoms with van der Waals surface area (Å²) in [6, 6.07) is 1.25. The van der Waals surface area contributed by atoms with Crippen molar-refractivity contribution >= 4 is 9.90 Å². The quantitative estimate of drug-likeness (QED) is 0.568. The lowest BCUT2D eigenvalue weighted by molar-refractivity contribution is 0.518. The Morgan fingerprint density at radius 2 is 1.12 bits per heavy atom. The average molecular weight is 132 g/mol. The van der Waals surface area contributed by atoms with Crippen molar-refractivity contribution in [1.29, 1.82) is 0 Å². The van der Waals surface area contributed by atoms with Crippen molar-refractivity contribution < 1.29 is 0 Å². The van der Waals surface area contributed by atoms with Crippen LogP contribution in [0.5, 0.6) is 0 Å². The van der Waals surface area contributed by atoms with Crippen molar-refractivity contribution in [3.05, 3.63) is 0 Å². The normalized spacial score (nSPS) is 9.75. The monoisotopic (exact) mass is 132 g/mol. The fourth-order valence-corrected chi connectivity index (χ4v) is 0.667. The zero-order chi connectivity index (χ0) is 5.86. The maximum Gasteiger partial charge on any atom is 0.00127 e. The van der Waals surface area contributed by atoms with E-state index >= 15 is 0 Å². The minimum atomic E-state index is 0. The first-order chi connectivity index (χ1) is 3.13. The smallest absolute Gasteiger partial charge is 0.00127 e. The summed E-state index contributed by atoms with van der Waals surface area (Å²) in [5.41, 5.74) is 0. The summed E-state index contributed by atoms with van der Waals surface area (Å²) in [6.45, 7) is 8.61. The Hall–Kier alpha value is 0.390. The molecule has 49 valence electrons. The topological polar surface area (TPSA) is 12.0 Å². The van der Waals surface area contributed by atoms with Gasteiger partial charge in [0.15, 0.2) is 0 Å². The number of hydrogen-bond donors (Lipinski definition) is 1. The number of rotatable bonds is 2. The van der Waals surface area contributed by atoms with E-state index in [1.807, 2.05) is 0 Å². The molecule has 0 amide bonds. The Morgan fingerprint density at radius 3 is 1.12 bits per heavy atom. The van der Waals surface area contributed by atoms with Gasteiger partial charge in [-0.3, -0.25) is 0 Å². The first-order valence-electron chi connectivity index (χ1n) is 2.89. The van der Waals surface area contributed by atoms with Crippen molar-refractivity contribution in [2.75, 3.05) is 0 Å². The molecule has 2 heteroatoms. The van der Waals surface area contributed by atoms with E-state index in [2.05, 4.69) is 33.0 Å². The molecule has 0 spiro atoms. The van der Waals surface area contributed by atoms with Crippen LogP contribution in [0.4, 0.5) is 0 Å². The molecule has 0 aromatic carbocycles. The Labute approximate surface area is 55.9 Å². The highest BCUT2D eigenvalue weighted by Crippen LogP contribution is 1.80. The van der Waals surface area contributed by atoms with Crippen molar-refractivity contribution in [1.82, 2.24) is 5.32 Å². The Morgan fingerprint density at radius 1 is 0.875 bits per heavy atom. The van der Waals surface area contributed by atoms with E-state index in [1.165, 1.54) is 0 Å². The third-order valence-electron chi connectivity index (χ3n) is 0.667. The summed E-state index contributed by atoms with van der Waals surface area (Å²) >= 11 is 0. The van der Waals surface area contributed by atoms with E-state index in [0.717, 1.165) is 0 Å². The SMILES string of the molecule is CC(C)NC(C)C.[P]. The van der Waals surface area contributed by atoms with E-state index in [9.17, 15) is 0 Å². The van der Waals surface area contributed by atoms with Crippen molar-refractivity contribution in [3.63, 3.8) is 0 Å². The third-order valence-corrected chi connectivity index (χ3v) is 0.667. The Balaban J connectivity index is 0. The minimum absolute atomic E-state index is 0. The summed E-state index contributed by atoms with van der Waals surface area (Å²) in [7, 11) is 0. The van der Waals surface area contributed by atoms with Gasteiger partial charge in [0.05, 0.1) is 0 Å². The molecule has 0 rings (SSSR count). The van der Waals surface area contributed by atoms with Crippen LogP contribution in [0.2, 0.25) is 0 Å². The van der Waals surface area contributed by atoms with Gasteiger partial charge in [-0.05, 0) is 0 Å². The van der Waals surface area contributed by atoms with Gasteiger partial charge in [-0.15, -0.1) is 0 Å². The summed E-state index contributed by atoms with van der Waals surface area (Å²) < 4.78 is 0. The summed E-state index contributed by atoms with van der Waals surface area (Å²) in [5, 5.41) is 3.31. The minimum Gasteiger partial charge on any atom is -0.312 e. The maximum absolute atomic E-state index is 3.31. The number of nitrogens with one attached hydrogen (secondary N) is 1. The van der Waals surface area contributed by atoms with Crippen LogP contribution >= 0.6 is 9.90 Å². The van der Waals surface area contributed by atoms with Crippen LogP contribution in [0.25, 0.3) is 0 Å². The standard InChI is InChI=1S/C6H15N.P/c1-5(2)7-6(3)4;/h5-7H,1-4H3;. The fraction of sp³-hybridized carbons (Fsp3) is 1.00. The molecule has 0 saturated carbocycles. The molecule has 0 aliphatic heterocycles. The van der Waals surface area contributed by atoms with Crippen molar-refractivity contribution in [2.45, 2.75) is 39.8 Å². The molecule has 0 heterocycles. The predicted octanol–water partition coefficient (Wildman–Crippen LogP) is 2.25. The van der Waals surface area contributed by atoms with Crippen LogP contribution in [-0.4, -0.2) is 12.1 Å². The van der Waals surface area contributed by atoms with E-state index < -0.39 is 0 Å². The zero-order valence-electron chi connectivity index (χ0n) is 6.10. The molecule has 0 aliphatic rings. The highest BCUT2D eigenvalue weighted by molar-refractivity contribution is 6.92. The predicted molar refractivity (Wildman–Crippen MR) is 40.3 cm³/mol. The van der Waals surface area contributed by atoms with Crippen LogP contribution in [0.15, 0.2) is 0 Å². The van der Waals surface area contributed by atoms with Crippen LogP contribution in [-0.2, 0) is 0 Å². The lowest BCUT2D eigenvalue weighted by Gasteiger charge is -2.10. The van der Waals surface area contributed by atoms with E-state index in [0.29, 0.717) is 12.1 Å². The molecule has 0 aliphatic carbocycles.